The fourth-order valence-electron chi connectivity index (χ4n) is 2.66. The van der Waals surface area contributed by atoms with E-state index in [2.05, 4.69) is 9.71 Å². The third-order valence-corrected chi connectivity index (χ3v) is 5.44. The number of hydrogen-bond donors (Lipinski definition) is 1. The lowest BCUT2D eigenvalue weighted by molar-refractivity contribution is 0.601. The van der Waals surface area contributed by atoms with Gasteiger partial charge in [-0.15, -0.1) is 0 Å². The summed E-state index contributed by atoms with van der Waals surface area (Å²) in [6, 6.07) is 17.3. The molecule has 7 heteroatoms. The van der Waals surface area contributed by atoms with Gasteiger partial charge in [-0.05, 0) is 49.4 Å². The molecular weight excluding hydrogens is 367 g/mol. The van der Waals surface area contributed by atoms with E-state index in [4.69, 9.17) is 4.42 Å². The molecule has 0 aliphatic carbocycles. The summed E-state index contributed by atoms with van der Waals surface area (Å²) >= 11 is 0. The number of halogens is 1. The van der Waals surface area contributed by atoms with Gasteiger partial charge in [0.15, 0.2) is 5.58 Å². The normalized spacial score (nSPS) is 11.6. The number of aromatic nitrogens is 1. The van der Waals surface area contributed by atoms with Crippen LogP contribution in [0.25, 0.3) is 22.6 Å². The number of fused-ring (bicyclic) bond motifs is 1. The second-order valence-corrected chi connectivity index (χ2v) is 7.81. The van der Waals surface area contributed by atoms with Gasteiger partial charge < -0.3 is 4.42 Å². The highest BCUT2D eigenvalue weighted by Crippen LogP contribution is 2.27. The van der Waals surface area contributed by atoms with Crippen LogP contribution in [0, 0.1) is 12.7 Å². The van der Waals surface area contributed by atoms with Crippen molar-refractivity contribution in [2.45, 2.75) is 11.8 Å². The SMILES string of the molecule is Cc1ccc(S(=O)(=O)Nc2ccc3nc(-c4cccc(F)c4)oc3c2)cc1. The molecule has 0 spiro atoms. The molecule has 0 amide bonds. The summed E-state index contributed by atoms with van der Waals surface area (Å²) in [5.74, 6) is -0.121. The van der Waals surface area contributed by atoms with Crippen molar-refractivity contribution >= 4 is 26.8 Å². The van der Waals surface area contributed by atoms with Crippen molar-refractivity contribution in [2.75, 3.05) is 4.72 Å². The van der Waals surface area contributed by atoms with Crippen LogP contribution in [0.15, 0.2) is 76.0 Å². The van der Waals surface area contributed by atoms with Gasteiger partial charge in [0.05, 0.1) is 10.6 Å². The molecule has 0 fully saturated rings. The van der Waals surface area contributed by atoms with Crippen molar-refractivity contribution in [2.24, 2.45) is 0 Å². The number of oxazole rings is 1. The fraction of sp³-hybridized carbons (Fsp3) is 0.0500. The number of hydrogen-bond acceptors (Lipinski definition) is 4. The summed E-state index contributed by atoms with van der Waals surface area (Å²) in [6.45, 7) is 1.89. The molecule has 0 radical (unpaired) electrons. The molecule has 0 bridgehead atoms. The molecule has 1 aromatic heterocycles. The Kier molecular flexibility index (Phi) is 4.16. The second kappa shape index (κ2) is 6.51. The molecule has 0 unspecified atom stereocenters. The van der Waals surface area contributed by atoms with Gasteiger partial charge in [0, 0.05) is 11.6 Å². The number of nitrogens with one attached hydrogen (secondary N) is 1. The third-order valence-electron chi connectivity index (χ3n) is 4.04. The first-order valence-corrected chi connectivity index (χ1v) is 9.65. The first-order chi connectivity index (χ1) is 12.9. The summed E-state index contributed by atoms with van der Waals surface area (Å²) in [7, 11) is -3.71. The van der Waals surface area contributed by atoms with E-state index in [1.165, 1.54) is 12.1 Å². The van der Waals surface area contributed by atoms with Crippen LogP contribution in [-0.4, -0.2) is 13.4 Å². The van der Waals surface area contributed by atoms with E-state index in [-0.39, 0.29) is 16.6 Å². The minimum Gasteiger partial charge on any atom is -0.436 e. The van der Waals surface area contributed by atoms with E-state index in [0.29, 0.717) is 22.4 Å². The first kappa shape index (κ1) is 17.2. The predicted molar refractivity (Wildman–Crippen MR) is 101 cm³/mol. The standard InChI is InChI=1S/C20H15FN2O3S/c1-13-5-8-17(9-6-13)27(24,25)23-16-7-10-18-19(12-16)26-20(22-18)14-3-2-4-15(21)11-14/h2-12,23H,1H3. The van der Waals surface area contributed by atoms with E-state index in [0.717, 1.165) is 5.56 Å². The minimum absolute atomic E-state index is 0.172. The lowest BCUT2D eigenvalue weighted by Gasteiger charge is -2.08. The predicted octanol–water partition coefficient (Wildman–Crippen LogP) is 4.74. The van der Waals surface area contributed by atoms with Crippen molar-refractivity contribution in [1.29, 1.82) is 0 Å². The van der Waals surface area contributed by atoms with E-state index < -0.39 is 10.0 Å². The number of aryl methyl sites for hydroxylation is 1. The highest BCUT2D eigenvalue weighted by Gasteiger charge is 2.15. The number of benzene rings is 3. The lowest BCUT2D eigenvalue weighted by Crippen LogP contribution is -2.12. The molecule has 3 aromatic carbocycles. The van der Waals surface area contributed by atoms with Gasteiger partial charge in [-0.2, -0.15) is 0 Å². The van der Waals surface area contributed by atoms with E-state index in [1.807, 2.05) is 6.92 Å². The number of sulfonamides is 1. The molecule has 4 aromatic rings. The second-order valence-electron chi connectivity index (χ2n) is 6.13. The summed E-state index contributed by atoms with van der Waals surface area (Å²) in [4.78, 5) is 4.49. The maximum Gasteiger partial charge on any atom is 0.261 e. The zero-order valence-corrected chi connectivity index (χ0v) is 15.1. The summed E-state index contributed by atoms with van der Waals surface area (Å²) in [5, 5.41) is 0. The van der Waals surface area contributed by atoms with E-state index in [9.17, 15) is 12.8 Å². The number of nitrogens with zero attached hydrogens (tertiary/aromatic N) is 1. The molecule has 0 atom stereocenters. The van der Waals surface area contributed by atoms with Crippen LogP contribution in [0.3, 0.4) is 0 Å². The average molecular weight is 382 g/mol. The molecule has 1 heterocycles. The smallest absolute Gasteiger partial charge is 0.261 e. The van der Waals surface area contributed by atoms with Crippen LogP contribution in [0.4, 0.5) is 10.1 Å². The van der Waals surface area contributed by atoms with Crippen molar-refractivity contribution in [3.8, 4) is 11.5 Å². The fourth-order valence-corrected chi connectivity index (χ4v) is 3.71. The Labute approximate surface area is 155 Å². The van der Waals surface area contributed by atoms with Gasteiger partial charge in [-0.3, -0.25) is 4.72 Å². The van der Waals surface area contributed by atoms with Crippen LogP contribution < -0.4 is 4.72 Å². The molecule has 4 rings (SSSR count). The Hall–Kier alpha value is -3.19. The average Bonchev–Trinajstić information content (AvgIpc) is 3.05. The Balaban J connectivity index is 1.66. The lowest BCUT2D eigenvalue weighted by atomic mass is 10.2. The topological polar surface area (TPSA) is 72.2 Å². The van der Waals surface area contributed by atoms with E-state index in [1.54, 1.807) is 54.6 Å². The summed E-state index contributed by atoms with van der Waals surface area (Å²) < 4.78 is 46.6. The molecule has 1 N–H and O–H groups in total. The van der Waals surface area contributed by atoms with Crippen LogP contribution in [-0.2, 0) is 10.0 Å². The van der Waals surface area contributed by atoms with Crippen molar-refractivity contribution < 1.29 is 17.2 Å². The maximum atomic E-state index is 13.4. The van der Waals surface area contributed by atoms with Gasteiger partial charge in [0.2, 0.25) is 5.89 Å². The van der Waals surface area contributed by atoms with Crippen LogP contribution in [0.1, 0.15) is 5.56 Å². The first-order valence-electron chi connectivity index (χ1n) is 8.17. The van der Waals surface area contributed by atoms with Crippen molar-refractivity contribution in [3.05, 3.63) is 78.1 Å². The highest BCUT2D eigenvalue weighted by molar-refractivity contribution is 7.92. The van der Waals surface area contributed by atoms with Crippen LogP contribution in [0.2, 0.25) is 0 Å². The van der Waals surface area contributed by atoms with Gasteiger partial charge in [0.1, 0.15) is 11.3 Å². The van der Waals surface area contributed by atoms with Gasteiger partial charge >= 0.3 is 0 Å². The summed E-state index contributed by atoms with van der Waals surface area (Å²) in [5.41, 5.74) is 2.78. The Morgan fingerprint density at radius 2 is 1.78 bits per heavy atom. The quantitative estimate of drug-likeness (QED) is 0.553. The molecule has 0 aliphatic heterocycles. The molecule has 0 saturated heterocycles. The van der Waals surface area contributed by atoms with Gasteiger partial charge in [0.25, 0.3) is 10.0 Å². The van der Waals surface area contributed by atoms with Gasteiger partial charge in [-0.25, -0.2) is 17.8 Å². The highest BCUT2D eigenvalue weighted by atomic mass is 32.2. The molecule has 136 valence electrons. The van der Waals surface area contributed by atoms with E-state index >= 15 is 0 Å². The Bertz CT molecular complexity index is 1230. The van der Waals surface area contributed by atoms with Gasteiger partial charge in [-0.1, -0.05) is 23.8 Å². The third kappa shape index (κ3) is 3.54. The maximum absolute atomic E-state index is 13.4. The molecule has 0 saturated carbocycles. The Morgan fingerprint density at radius 3 is 2.52 bits per heavy atom. The van der Waals surface area contributed by atoms with Crippen LogP contribution >= 0.6 is 0 Å². The van der Waals surface area contributed by atoms with Crippen LogP contribution in [0.5, 0.6) is 0 Å². The minimum atomic E-state index is -3.71. The Morgan fingerprint density at radius 1 is 1.00 bits per heavy atom. The zero-order valence-electron chi connectivity index (χ0n) is 14.3. The largest absolute Gasteiger partial charge is 0.436 e. The number of rotatable bonds is 4. The summed E-state index contributed by atoms with van der Waals surface area (Å²) in [6.07, 6.45) is 0. The van der Waals surface area contributed by atoms with Crippen molar-refractivity contribution in [1.82, 2.24) is 4.98 Å². The monoisotopic (exact) mass is 382 g/mol. The number of anilines is 1. The molecular formula is C20H15FN2O3S. The molecule has 27 heavy (non-hydrogen) atoms. The molecule has 0 aliphatic rings. The molecule has 5 nitrogen and oxygen atoms in total. The zero-order chi connectivity index (χ0) is 19.0. The van der Waals surface area contributed by atoms with Crippen molar-refractivity contribution in [3.63, 3.8) is 0 Å².